The molecule has 0 unspecified atom stereocenters. The Morgan fingerprint density at radius 3 is 2.56 bits per heavy atom. The molecule has 0 amide bonds. The van der Waals surface area contributed by atoms with Gasteiger partial charge in [-0.2, -0.15) is 5.26 Å². The van der Waals surface area contributed by atoms with Crippen molar-refractivity contribution in [3.05, 3.63) is 57.8 Å². The van der Waals surface area contributed by atoms with E-state index in [-0.39, 0.29) is 27.1 Å². The summed E-state index contributed by atoms with van der Waals surface area (Å²) >= 11 is 11.4. The predicted octanol–water partition coefficient (Wildman–Crippen LogP) is 4.80. The van der Waals surface area contributed by atoms with E-state index < -0.39 is 5.82 Å². The molecule has 0 spiro atoms. The van der Waals surface area contributed by atoms with Crippen LogP contribution in [-0.4, -0.2) is 0 Å². The van der Waals surface area contributed by atoms with Crippen LogP contribution in [0.2, 0.25) is 10.0 Å². The molecule has 5 heteroatoms. The van der Waals surface area contributed by atoms with E-state index in [1.165, 1.54) is 12.1 Å². The molecule has 0 saturated heterocycles. The summed E-state index contributed by atoms with van der Waals surface area (Å²) < 4.78 is 18.7. The third-order valence-corrected chi connectivity index (χ3v) is 2.83. The molecule has 0 N–H and O–H groups in total. The van der Waals surface area contributed by atoms with Gasteiger partial charge in [0, 0.05) is 6.07 Å². The maximum Gasteiger partial charge on any atom is 0.146 e. The molecule has 0 aliphatic heterocycles. The molecule has 0 bridgehead atoms. The van der Waals surface area contributed by atoms with Crippen LogP contribution in [0, 0.1) is 17.1 Å². The first-order valence-corrected chi connectivity index (χ1v) is 5.69. The zero-order valence-corrected chi connectivity index (χ0v) is 10.5. The Balaban J connectivity index is 2.37. The van der Waals surface area contributed by atoms with Gasteiger partial charge in [0.1, 0.15) is 28.9 Å². The third kappa shape index (κ3) is 2.56. The maximum absolute atomic E-state index is 13.2. The molecule has 0 aliphatic carbocycles. The number of hydrogen-bond donors (Lipinski definition) is 0. The van der Waals surface area contributed by atoms with Crippen LogP contribution in [0.5, 0.6) is 11.5 Å². The predicted molar refractivity (Wildman–Crippen MR) is 67.7 cm³/mol. The zero-order chi connectivity index (χ0) is 13.1. The summed E-state index contributed by atoms with van der Waals surface area (Å²) in [5.74, 6) is -0.0721. The molecule has 2 aromatic carbocycles. The average Bonchev–Trinajstić information content (AvgIpc) is 2.34. The van der Waals surface area contributed by atoms with Crippen LogP contribution in [-0.2, 0) is 0 Å². The summed E-state index contributed by atoms with van der Waals surface area (Å²) in [5, 5.41) is 9.26. The molecule has 2 nitrogen and oxygen atoms in total. The Morgan fingerprint density at radius 1 is 1.11 bits per heavy atom. The van der Waals surface area contributed by atoms with Gasteiger partial charge in [0.15, 0.2) is 0 Å². The van der Waals surface area contributed by atoms with Gasteiger partial charge in [-0.1, -0.05) is 29.3 Å². The number of benzene rings is 2. The lowest BCUT2D eigenvalue weighted by atomic mass is 10.2. The lowest BCUT2D eigenvalue weighted by Crippen LogP contribution is -1.90. The minimum Gasteiger partial charge on any atom is -0.456 e. The van der Waals surface area contributed by atoms with Crippen LogP contribution in [0.4, 0.5) is 4.39 Å². The molecule has 0 atom stereocenters. The highest BCUT2D eigenvalue weighted by atomic mass is 35.5. The molecule has 0 fully saturated rings. The standard InChI is InChI=1S/C13H6Cl2FNO/c14-10-2-1-3-13(9(10)7-17)18-8-4-5-11(15)12(16)6-8/h1-6H. The van der Waals surface area contributed by atoms with Crippen molar-refractivity contribution in [2.24, 2.45) is 0 Å². The summed E-state index contributed by atoms with van der Waals surface area (Å²) in [5.41, 5.74) is 0.203. The van der Waals surface area contributed by atoms with E-state index in [0.717, 1.165) is 6.07 Å². The van der Waals surface area contributed by atoms with Gasteiger partial charge < -0.3 is 4.74 Å². The molecule has 2 rings (SSSR count). The fraction of sp³-hybridized carbons (Fsp3) is 0. The van der Waals surface area contributed by atoms with E-state index in [9.17, 15) is 4.39 Å². The summed E-state index contributed by atoms with van der Waals surface area (Å²) in [6.07, 6.45) is 0. The number of rotatable bonds is 2. The topological polar surface area (TPSA) is 33.0 Å². The second kappa shape index (κ2) is 5.26. The minimum atomic E-state index is -0.588. The smallest absolute Gasteiger partial charge is 0.146 e. The Kier molecular flexibility index (Phi) is 3.71. The molecule has 0 saturated carbocycles. The van der Waals surface area contributed by atoms with Crippen molar-refractivity contribution in [3.63, 3.8) is 0 Å². The first-order valence-electron chi connectivity index (χ1n) is 4.93. The molecular weight excluding hydrogens is 276 g/mol. The second-order valence-electron chi connectivity index (χ2n) is 3.40. The van der Waals surface area contributed by atoms with Crippen LogP contribution in [0.25, 0.3) is 0 Å². The largest absolute Gasteiger partial charge is 0.456 e. The number of hydrogen-bond acceptors (Lipinski definition) is 2. The van der Waals surface area contributed by atoms with E-state index in [4.69, 9.17) is 33.2 Å². The van der Waals surface area contributed by atoms with Gasteiger partial charge in [-0.25, -0.2) is 4.39 Å². The Hall–Kier alpha value is -1.76. The molecule has 18 heavy (non-hydrogen) atoms. The summed E-state index contributed by atoms with van der Waals surface area (Å²) in [7, 11) is 0. The zero-order valence-electron chi connectivity index (χ0n) is 8.95. The van der Waals surface area contributed by atoms with Gasteiger partial charge in [-0.3, -0.25) is 0 Å². The number of halogens is 3. The Labute approximate surface area is 113 Å². The SMILES string of the molecule is N#Cc1c(Cl)cccc1Oc1ccc(Cl)c(F)c1. The first-order chi connectivity index (χ1) is 8.61. The normalized spacial score (nSPS) is 9.89. The van der Waals surface area contributed by atoms with Gasteiger partial charge in [0.05, 0.1) is 10.0 Å². The van der Waals surface area contributed by atoms with Gasteiger partial charge >= 0.3 is 0 Å². The van der Waals surface area contributed by atoms with Gasteiger partial charge in [0.2, 0.25) is 0 Å². The molecule has 90 valence electrons. The number of ether oxygens (including phenoxy) is 1. The average molecular weight is 282 g/mol. The quantitative estimate of drug-likeness (QED) is 0.792. The summed E-state index contributed by atoms with van der Waals surface area (Å²) in [6.45, 7) is 0. The number of nitriles is 1. The fourth-order valence-electron chi connectivity index (χ4n) is 1.37. The minimum absolute atomic E-state index is 0.00829. The van der Waals surface area contributed by atoms with Crippen molar-refractivity contribution in [2.75, 3.05) is 0 Å². The van der Waals surface area contributed by atoms with Gasteiger partial charge in [0.25, 0.3) is 0 Å². The van der Waals surface area contributed by atoms with Crippen LogP contribution in [0.1, 0.15) is 5.56 Å². The van der Waals surface area contributed by atoms with Crippen molar-refractivity contribution in [2.45, 2.75) is 0 Å². The first kappa shape index (κ1) is 12.7. The Morgan fingerprint density at radius 2 is 1.89 bits per heavy atom. The monoisotopic (exact) mass is 281 g/mol. The molecule has 0 heterocycles. The Bertz CT molecular complexity index is 637. The highest BCUT2D eigenvalue weighted by Crippen LogP contribution is 2.31. The van der Waals surface area contributed by atoms with Crippen molar-refractivity contribution in [1.29, 1.82) is 5.26 Å². The van der Waals surface area contributed by atoms with E-state index >= 15 is 0 Å². The van der Waals surface area contributed by atoms with Gasteiger partial charge in [-0.15, -0.1) is 0 Å². The van der Waals surface area contributed by atoms with Crippen molar-refractivity contribution in [1.82, 2.24) is 0 Å². The van der Waals surface area contributed by atoms with Crippen LogP contribution in [0.3, 0.4) is 0 Å². The molecule has 2 aromatic rings. The van der Waals surface area contributed by atoms with E-state index in [1.54, 1.807) is 18.2 Å². The van der Waals surface area contributed by atoms with Crippen molar-refractivity contribution in [3.8, 4) is 17.6 Å². The van der Waals surface area contributed by atoms with Crippen molar-refractivity contribution >= 4 is 23.2 Å². The van der Waals surface area contributed by atoms with Crippen LogP contribution in [0.15, 0.2) is 36.4 Å². The summed E-state index contributed by atoms with van der Waals surface area (Å²) in [6, 6.07) is 10.8. The second-order valence-corrected chi connectivity index (χ2v) is 4.22. The molecular formula is C13H6Cl2FNO. The van der Waals surface area contributed by atoms with Crippen LogP contribution < -0.4 is 4.74 Å². The lowest BCUT2D eigenvalue weighted by molar-refractivity contribution is 0.475. The lowest BCUT2D eigenvalue weighted by Gasteiger charge is -2.08. The van der Waals surface area contributed by atoms with E-state index in [0.29, 0.717) is 0 Å². The van der Waals surface area contributed by atoms with Gasteiger partial charge in [-0.05, 0) is 24.3 Å². The molecule has 0 aromatic heterocycles. The van der Waals surface area contributed by atoms with Crippen molar-refractivity contribution < 1.29 is 9.13 Å². The molecule has 0 aliphatic rings. The number of nitrogens with zero attached hydrogens (tertiary/aromatic N) is 1. The summed E-state index contributed by atoms with van der Waals surface area (Å²) in [4.78, 5) is 0. The van der Waals surface area contributed by atoms with Crippen LogP contribution >= 0.6 is 23.2 Å². The highest BCUT2D eigenvalue weighted by molar-refractivity contribution is 6.32. The molecule has 0 radical (unpaired) electrons. The van der Waals surface area contributed by atoms with E-state index in [1.807, 2.05) is 6.07 Å². The maximum atomic E-state index is 13.2. The highest BCUT2D eigenvalue weighted by Gasteiger charge is 2.09. The van der Waals surface area contributed by atoms with E-state index in [2.05, 4.69) is 0 Å². The third-order valence-electron chi connectivity index (χ3n) is 2.21. The fourth-order valence-corrected chi connectivity index (χ4v) is 1.69.